The Hall–Kier alpha value is -3.50. The zero-order valence-corrected chi connectivity index (χ0v) is 19.1. The third kappa shape index (κ3) is 4.12. The van der Waals surface area contributed by atoms with E-state index in [0.717, 1.165) is 30.8 Å². The van der Waals surface area contributed by atoms with Gasteiger partial charge >= 0.3 is 0 Å². The summed E-state index contributed by atoms with van der Waals surface area (Å²) in [5, 5.41) is 8.91. The number of fused-ring (bicyclic) bond motifs is 1. The standard InChI is InChI=1S/C25H26FN5O4/c26-18-13-28-9-6-17(18)25(7-10-27-11-8-25)14-29-12-15-2-1-3-16-21(15)24(35)31(23(16)34)19-4-5-20(32)30-22(19)33/h1-3,6,9,13,19,27,29H,4-5,7-8,10-12,14H2,(H,30,32,33). The number of carbonyl (C=O) groups excluding carboxylic acids is 4. The van der Waals surface area contributed by atoms with Crippen molar-refractivity contribution < 1.29 is 23.6 Å². The first-order valence-electron chi connectivity index (χ1n) is 11.8. The lowest BCUT2D eigenvalue weighted by atomic mass is 9.73. The summed E-state index contributed by atoms with van der Waals surface area (Å²) in [5.74, 6) is -2.45. The fraction of sp³-hybridized carbons (Fsp3) is 0.400. The number of carbonyl (C=O) groups is 4. The number of rotatable bonds is 6. The van der Waals surface area contributed by atoms with Crippen molar-refractivity contribution in [2.45, 2.75) is 43.7 Å². The molecule has 3 aliphatic rings. The highest BCUT2D eigenvalue weighted by Gasteiger charge is 2.45. The molecule has 4 heterocycles. The topological polar surface area (TPSA) is 120 Å². The van der Waals surface area contributed by atoms with Gasteiger partial charge < -0.3 is 10.6 Å². The van der Waals surface area contributed by atoms with Crippen molar-refractivity contribution in [2.24, 2.45) is 0 Å². The van der Waals surface area contributed by atoms with Crippen LogP contribution < -0.4 is 16.0 Å². The zero-order chi connectivity index (χ0) is 24.6. The van der Waals surface area contributed by atoms with E-state index in [1.807, 2.05) is 0 Å². The lowest BCUT2D eigenvalue weighted by Crippen LogP contribution is -2.54. The summed E-state index contributed by atoms with van der Waals surface area (Å²) < 4.78 is 14.7. The maximum absolute atomic E-state index is 14.7. The highest BCUT2D eigenvalue weighted by atomic mass is 19.1. The molecule has 9 nitrogen and oxygen atoms in total. The van der Waals surface area contributed by atoms with E-state index in [1.165, 1.54) is 6.20 Å². The van der Waals surface area contributed by atoms with Gasteiger partial charge in [-0.25, -0.2) is 4.39 Å². The fourth-order valence-electron chi connectivity index (χ4n) is 5.42. The van der Waals surface area contributed by atoms with Crippen molar-refractivity contribution >= 4 is 23.6 Å². The second-order valence-corrected chi connectivity index (χ2v) is 9.28. The average Bonchev–Trinajstić information content (AvgIpc) is 3.11. The molecule has 1 unspecified atom stereocenters. The quantitative estimate of drug-likeness (QED) is 0.530. The lowest BCUT2D eigenvalue weighted by molar-refractivity contribution is -0.136. The van der Waals surface area contributed by atoms with Crippen LogP contribution in [0.25, 0.3) is 0 Å². The van der Waals surface area contributed by atoms with Crippen molar-refractivity contribution in [3.8, 4) is 0 Å². The average molecular weight is 480 g/mol. The van der Waals surface area contributed by atoms with E-state index >= 15 is 0 Å². The third-order valence-electron chi connectivity index (χ3n) is 7.24. The van der Waals surface area contributed by atoms with Gasteiger partial charge in [-0.1, -0.05) is 12.1 Å². The smallest absolute Gasteiger partial charge is 0.262 e. The van der Waals surface area contributed by atoms with E-state index in [9.17, 15) is 23.6 Å². The minimum absolute atomic E-state index is 0.0702. The molecule has 4 amide bonds. The molecule has 0 saturated carbocycles. The number of halogens is 1. The van der Waals surface area contributed by atoms with Gasteiger partial charge in [0, 0.05) is 31.1 Å². The van der Waals surface area contributed by atoms with E-state index in [0.29, 0.717) is 24.2 Å². The van der Waals surface area contributed by atoms with Gasteiger partial charge in [0.15, 0.2) is 0 Å². The molecular formula is C25H26FN5O4. The Balaban J connectivity index is 1.36. The molecule has 182 valence electrons. The SMILES string of the molecule is O=C1CCC(N2C(=O)c3cccc(CNCC4(c5ccncc5F)CCNCC4)c3C2=O)C(=O)N1. The number of benzene rings is 1. The Morgan fingerprint density at radius 2 is 1.91 bits per heavy atom. The Kier molecular flexibility index (Phi) is 6.16. The van der Waals surface area contributed by atoms with Gasteiger partial charge in [0.1, 0.15) is 11.9 Å². The van der Waals surface area contributed by atoms with Gasteiger partial charge in [-0.15, -0.1) is 0 Å². The molecule has 5 rings (SSSR count). The van der Waals surface area contributed by atoms with E-state index in [4.69, 9.17) is 0 Å². The summed E-state index contributed by atoms with van der Waals surface area (Å²) in [6.45, 7) is 2.31. The maximum atomic E-state index is 14.7. The van der Waals surface area contributed by atoms with Crippen LogP contribution in [0.1, 0.15) is 57.5 Å². The molecule has 3 N–H and O–H groups in total. The van der Waals surface area contributed by atoms with E-state index in [-0.39, 0.29) is 29.8 Å². The summed E-state index contributed by atoms with van der Waals surface area (Å²) in [6.07, 6.45) is 4.50. The summed E-state index contributed by atoms with van der Waals surface area (Å²) in [4.78, 5) is 55.0. The monoisotopic (exact) mass is 479 g/mol. The van der Waals surface area contributed by atoms with Crippen LogP contribution in [0.2, 0.25) is 0 Å². The largest absolute Gasteiger partial charge is 0.317 e. The molecule has 1 aromatic heterocycles. The number of hydrogen-bond donors (Lipinski definition) is 3. The summed E-state index contributed by atoms with van der Waals surface area (Å²) >= 11 is 0. The number of nitrogens with zero attached hydrogens (tertiary/aromatic N) is 2. The molecule has 0 radical (unpaired) electrons. The van der Waals surface area contributed by atoms with Gasteiger partial charge in [-0.05, 0) is 55.6 Å². The number of amides is 4. The van der Waals surface area contributed by atoms with Gasteiger partial charge in [-0.2, -0.15) is 0 Å². The molecule has 1 atom stereocenters. The molecule has 2 aromatic rings. The van der Waals surface area contributed by atoms with Crippen LogP contribution in [-0.2, 0) is 21.5 Å². The molecule has 35 heavy (non-hydrogen) atoms. The van der Waals surface area contributed by atoms with Crippen molar-refractivity contribution in [3.05, 3.63) is 64.7 Å². The van der Waals surface area contributed by atoms with Crippen molar-refractivity contribution in [3.63, 3.8) is 0 Å². The number of imide groups is 2. The second-order valence-electron chi connectivity index (χ2n) is 9.28. The predicted octanol–water partition coefficient (Wildman–Crippen LogP) is 1.03. The second kappa shape index (κ2) is 9.27. The van der Waals surface area contributed by atoms with Crippen LogP contribution in [0.15, 0.2) is 36.7 Å². The van der Waals surface area contributed by atoms with Crippen LogP contribution in [0.5, 0.6) is 0 Å². The Labute approximate surface area is 201 Å². The maximum Gasteiger partial charge on any atom is 0.262 e. The molecule has 3 aliphatic heterocycles. The molecule has 1 aromatic carbocycles. The lowest BCUT2D eigenvalue weighted by Gasteiger charge is -2.38. The highest BCUT2D eigenvalue weighted by Crippen LogP contribution is 2.35. The van der Waals surface area contributed by atoms with Crippen molar-refractivity contribution in [2.75, 3.05) is 19.6 Å². The molecule has 0 spiro atoms. The van der Waals surface area contributed by atoms with Gasteiger partial charge in [-0.3, -0.25) is 34.4 Å². The van der Waals surface area contributed by atoms with Gasteiger partial charge in [0.25, 0.3) is 11.8 Å². The van der Waals surface area contributed by atoms with E-state index in [2.05, 4.69) is 20.9 Å². The highest BCUT2D eigenvalue weighted by molar-refractivity contribution is 6.24. The fourth-order valence-corrected chi connectivity index (χ4v) is 5.42. The number of pyridine rings is 1. The number of aromatic nitrogens is 1. The first-order valence-corrected chi connectivity index (χ1v) is 11.8. The number of piperidine rings is 2. The van der Waals surface area contributed by atoms with Crippen LogP contribution in [0.3, 0.4) is 0 Å². The molecule has 0 aliphatic carbocycles. The van der Waals surface area contributed by atoms with Crippen LogP contribution in [0.4, 0.5) is 4.39 Å². The van der Waals surface area contributed by atoms with Gasteiger partial charge in [0.05, 0.1) is 17.3 Å². The number of nitrogens with one attached hydrogen (secondary N) is 3. The van der Waals surface area contributed by atoms with Crippen LogP contribution in [-0.4, -0.2) is 59.2 Å². The minimum atomic E-state index is -1.01. The molecule has 0 bridgehead atoms. The van der Waals surface area contributed by atoms with Crippen LogP contribution in [0, 0.1) is 5.82 Å². The first-order chi connectivity index (χ1) is 16.9. The normalized spacial score (nSPS) is 21.7. The third-order valence-corrected chi connectivity index (χ3v) is 7.24. The molecule has 2 saturated heterocycles. The Morgan fingerprint density at radius 3 is 2.66 bits per heavy atom. The van der Waals surface area contributed by atoms with Crippen LogP contribution >= 0.6 is 0 Å². The number of hydrogen-bond acceptors (Lipinski definition) is 7. The Bertz CT molecular complexity index is 1210. The first kappa shape index (κ1) is 23.3. The molecular weight excluding hydrogens is 453 g/mol. The van der Waals surface area contributed by atoms with E-state index < -0.39 is 35.1 Å². The van der Waals surface area contributed by atoms with Crippen molar-refractivity contribution in [1.29, 1.82) is 0 Å². The molecule has 10 heteroatoms. The minimum Gasteiger partial charge on any atom is -0.317 e. The predicted molar refractivity (Wildman–Crippen MR) is 123 cm³/mol. The van der Waals surface area contributed by atoms with Gasteiger partial charge in [0.2, 0.25) is 11.8 Å². The Morgan fingerprint density at radius 1 is 1.11 bits per heavy atom. The summed E-state index contributed by atoms with van der Waals surface area (Å²) in [5.41, 5.74) is 1.35. The van der Waals surface area contributed by atoms with E-state index in [1.54, 1.807) is 30.5 Å². The summed E-state index contributed by atoms with van der Waals surface area (Å²) in [7, 11) is 0. The summed E-state index contributed by atoms with van der Waals surface area (Å²) in [6, 6.07) is 5.77. The van der Waals surface area contributed by atoms with Crippen molar-refractivity contribution in [1.82, 2.24) is 25.8 Å². The molecule has 2 fully saturated rings. The zero-order valence-electron chi connectivity index (χ0n) is 19.1.